The summed E-state index contributed by atoms with van der Waals surface area (Å²) in [5.41, 5.74) is 15.7. The van der Waals surface area contributed by atoms with E-state index < -0.39 is 6.04 Å². The maximum Gasteiger partial charge on any atom is 0.0629 e. The highest BCUT2D eigenvalue weighted by Gasteiger charge is 2.18. The largest absolute Gasteiger partial charge is 0.311 e. The summed E-state index contributed by atoms with van der Waals surface area (Å²) in [7, 11) is 0. The molecule has 0 fully saturated rings. The van der Waals surface area contributed by atoms with Crippen LogP contribution < -0.4 is 4.90 Å². The third-order valence-corrected chi connectivity index (χ3v) is 12.7. The van der Waals surface area contributed by atoms with Crippen LogP contribution in [0.15, 0.2) is 267 Å². The fourth-order valence-electron chi connectivity index (χ4n) is 9.49. The van der Waals surface area contributed by atoms with Crippen LogP contribution >= 0.6 is 0 Å². The van der Waals surface area contributed by atoms with E-state index in [0.29, 0.717) is 5.56 Å². The molecular formula is C64H44N2. The maximum absolute atomic E-state index is 8.78. The number of fused-ring (bicyclic) bond motifs is 4. The van der Waals surface area contributed by atoms with Gasteiger partial charge in [-0.2, -0.15) is 0 Å². The molecule has 66 heavy (non-hydrogen) atoms. The van der Waals surface area contributed by atoms with Crippen molar-refractivity contribution < 1.29 is 6.85 Å². The van der Waals surface area contributed by atoms with Crippen LogP contribution in [-0.4, -0.2) is 4.57 Å². The van der Waals surface area contributed by atoms with E-state index in [0.717, 1.165) is 72.4 Å². The Kier molecular flexibility index (Phi) is 8.58. The van der Waals surface area contributed by atoms with Crippen LogP contribution in [0, 0.1) is 0 Å². The summed E-state index contributed by atoms with van der Waals surface area (Å²) in [6.07, 6.45) is 0. The summed E-state index contributed by atoms with van der Waals surface area (Å²) < 4.78 is 44.8. The Hall–Kier alpha value is -8.72. The molecule has 0 saturated carbocycles. The molecule has 12 aromatic rings. The molecule has 0 aliphatic heterocycles. The van der Waals surface area contributed by atoms with Gasteiger partial charge >= 0.3 is 0 Å². The number of anilines is 3. The second kappa shape index (κ2) is 16.8. The molecule has 2 heteroatoms. The van der Waals surface area contributed by atoms with Gasteiger partial charge in [0, 0.05) is 33.4 Å². The van der Waals surface area contributed by atoms with Crippen molar-refractivity contribution in [1.82, 2.24) is 4.57 Å². The van der Waals surface area contributed by atoms with Crippen molar-refractivity contribution >= 4 is 49.6 Å². The van der Waals surface area contributed by atoms with Crippen LogP contribution in [0.1, 0.15) is 6.85 Å². The molecule has 2 nitrogen and oxygen atoms in total. The molecule has 0 saturated heterocycles. The summed E-state index contributed by atoms with van der Waals surface area (Å²) in [5, 5.41) is 4.46. The molecule has 1 heterocycles. The van der Waals surface area contributed by atoms with Crippen molar-refractivity contribution in [3.05, 3.63) is 267 Å². The van der Waals surface area contributed by atoms with Gasteiger partial charge < -0.3 is 9.47 Å². The van der Waals surface area contributed by atoms with Crippen LogP contribution in [0.2, 0.25) is 0 Å². The summed E-state index contributed by atoms with van der Waals surface area (Å²) in [6, 6.07) is 81.5. The molecule has 0 aliphatic carbocycles. The zero-order chi connectivity index (χ0) is 48.2. The van der Waals surface area contributed by atoms with Gasteiger partial charge in [0.1, 0.15) is 0 Å². The first-order chi connectivity index (χ1) is 34.8. The highest BCUT2D eigenvalue weighted by Crippen LogP contribution is 2.41. The van der Waals surface area contributed by atoms with E-state index in [1.165, 1.54) is 27.5 Å². The number of rotatable bonds is 9. The Labute approximate surface area is 392 Å². The van der Waals surface area contributed by atoms with Crippen LogP contribution in [0.25, 0.3) is 93.9 Å². The van der Waals surface area contributed by atoms with E-state index in [9.17, 15) is 0 Å². The second-order valence-electron chi connectivity index (χ2n) is 16.6. The molecule has 0 N–H and O–H groups in total. The van der Waals surface area contributed by atoms with Crippen molar-refractivity contribution in [3.8, 4) is 61.3 Å². The van der Waals surface area contributed by atoms with Gasteiger partial charge in [-0.1, -0.05) is 206 Å². The standard InChI is InChI=1S/C64H44N2/c1-4-15-45(16-5-1)48-29-36-54(37-30-48)65(55-38-31-50(32-39-55)57-24-14-21-49-27-28-52(43-61(49)57)46-17-6-2-7-18-46)56-40-33-51(34-41-56)58-22-10-12-25-62(58)66-63-26-13-11-23-59(63)60-42-35-53(44-64(60)66)47-19-8-3-9-20-47/h1-44H/i3D,8D,9D,19D,20D. The lowest BCUT2D eigenvalue weighted by Gasteiger charge is -2.26. The van der Waals surface area contributed by atoms with Crippen molar-refractivity contribution in [2.45, 2.75) is 0 Å². The van der Waals surface area contributed by atoms with Gasteiger partial charge in [0.25, 0.3) is 0 Å². The highest BCUT2D eigenvalue weighted by atomic mass is 15.1. The van der Waals surface area contributed by atoms with Gasteiger partial charge in [0.15, 0.2) is 0 Å². The third kappa shape index (κ3) is 7.12. The minimum Gasteiger partial charge on any atom is -0.311 e. The van der Waals surface area contributed by atoms with Gasteiger partial charge in [-0.05, 0) is 122 Å². The van der Waals surface area contributed by atoms with Crippen LogP contribution in [0.4, 0.5) is 17.1 Å². The van der Waals surface area contributed by atoms with Gasteiger partial charge in [-0.15, -0.1) is 0 Å². The Bertz CT molecular complexity index is 3930. The third-order valence-electron chi connectivity index (χ3n) is 12.7. The molecule has 0 aliphatic rings. The Morgan fingerprint density at radius 3 is 1.50 bits per heavy atom. The van der Waals surface area contributed by atoms with Crippen LogP contribution in [-0.2, 0) is 0 Å². The molecule has 11 aromatic carbocycles. The van der Waals surface area contributed by atoms with Crippen LogP contribution in [0.3, 0.4) is 0 Å². The van der Waals surface area contributed by atoms with E-state index >= 15 is 0 Å². The molecule has 0 spiro atoms. The number of hydrogen-bond acceptors (Lipinski definition) is 1. The summed E-state index contributed by atoms with van der Waals surface area (Å²) in [6.45, 7) is 0. The summed E-state index contributed by atoms with van der Waals surface area (Å²) in [4.78, 5) is 2.30. The second-order valence-corrected chi connectivity index (χ2v) is 16.6. The van der Waals surface area contributed by atoms with E-state index in [4.69, 9.17) is 6.85 Å². The summed E-state index contributed by atoms with van der Waals surface area (Å²) in [5.74, 6) is 0. The Morgan fingerprint density at radius 2 is 0.803 bits per heavy atom. The van der Waals surface area contributed by atoms with Crippen molar-refractivity contribution in [1.29, 1.82) is 0 Å². The lowest BCUT2D eigenvalue weighted by Crippen LogP contribution is -2.09. The SMILES string of the molecule is [2H]c1c([2H])c([2H])c(-c2ccc3c4ccccc4n(-c4ccccc4-c4ccc(N(c5ccc(-c6ccccc6)cc5)c5ccc(-c6cccc7ccc(-c8ccccc8)cc67)cc5)cc4)c3c2)c([2H])c1[2H]. The molecular weight excluding hydrogens is 797 g/mol. The highest BCUT2D eigenvalue weighted by molar-refractivity contribution is 6.11. The average molecular weight is 846 g/mol. The van der Waals surface area contributed by atoms with Crippen molar-refractivity contribution in [2.24, 2.45) is 0 Å². The smallest absolute Gasteiger partial charge is 0.0629 e. The minimum absolute atomic E-state index is 0.179. The molecule has 310 valence electrons. The van der Waals surface area contributed by atoms with Crippen LogP contribution in [0.5, 0.6) is 0 Å². The topological polar surface area (TPSA) is 8.17 Å². The number of benzene rings is 11. The summed E-state index contributed by atoms with van der Waals surface area (Å²) >= 11 is 0. The first-order valence-corrected chi connectivity index (χ1v) is 22.3. The van der Waals surface area contributed by atoms with Crippen molar-refractivity contribution in [2.75, 3.05) is 4.90 Å². The maximum atomic E-state index is 8.78. The Morgan fingerprint density at radius 1 is 0.303 bits per heavy atom. The van der Waals surface area contributed by atoms with Gasteiger partial charge in [-0.25, -0.2) is 0 Å². The predicted octanol–water partition coefficient (Wildman–Crippen LogP) is 17.7. The van der Waals surface area contributed by atoms with E-state index in [-0.39, 0.29) is 29.7 Å². The average Bonchev–Trinajstić information content (AvgIpc) is 3.76. The predicted molar refractivity (Wildman–Crippen MR) is 280 cm³/mol. The Balaban J connectivity index is 0.952. The minimum atomic E-state index is -0.407. The quantitative estimate of drug-likeness (QED) is 0.141. The van der Waals surface area contributed by atoms with E-state index in [1.807, 2.05) is 42.5 Å². The molecule has 0 bridgehead atoms. The molecule has 1 aromatic heterocycles. The number of nitrogens with zero attached hydrogens (tertiary/aromatic N) is 2. The number of hydrogen-bond donors (Lipinski definition) is 0. The molecule has 12 rings (SSSR count). The van der Waals surface area contributed by atoms with Crippen molar-refractivity contribution in [3.63, 3.8) is 0 Å². The first-order valence-electron chi connectivity index (χ1n) is 24.8. The first kappa shape index (κ1) is 33.8. The number of para-hydroxylation sites is 2. The zero-order valence-corrected chi connectivity index (χ0v) is 35.9. The van der Waals surface area contributed by atoms with Gasteiger partial charge in [0.05, 0.1) is 23.6 Å². The fourth-order valence-corrected chi connectivity index (χ4v) is 9.49. The number of aromatic nitrogens is 1. The van der Waals surface area contributed by atoms with E-state index in [1.54, 1.807) is 0 Å². The fraction of sp³-hybridized carbons (Fsp3) is 0. The lowest BCUT2D eigenvalue weighted by molar-refractivity contribution is 1.18. The molecule has 0 radical (unpaired) electrons. The zero-order valence-electron chi connectivity index (χ0n) is 40.9. The normalized spacial score (nSPS) is 12.4. The van der Waals surface area contributed by atoms with Gasteiger partial charge in [-0.3, -0.25) is 0 Å². The van der Waals surface area contributed by atoms with Gasteiger partial charge in [0.2, 0.25) is 0 Å². The lowest BCUT2D eigenvalue weighted by atomic mass is 9.94. The molecule has 0 atom stereocenters. The molecule has 0 unspecified atom stereocenters. The monoisotopic (exact) mass is 845 g/mol. The molecule has 0 amide bonds. The van der Waals surface area contributed by atoms with E-state index in [2.05, 4.69) is 204 Å².